The van der Waals surface area contributed by atoms with Crippen molar-refractivity contribution in [2.75, 3.05) is 0 Å². The maximum Gasteiger partial charge on any atom is 0.310 e. The highest BCUT2D eigenvalue weighted by molar-refractivity contribution is 5.76. The molecule has 1 aromatic carbocycles. The number of rotatable bonds is 5. The largest absolute Gasteiger partial charge is 0.481 e. The first-order valence-corrected chi connectivity index (χ1v) is 5.67. The predicted octanol–water partition coefficient (Wildman–Crippen LogP) is 1.01. The normalized spacial score (nSPS) is 12.3. The Balaban J connectivity index is 2.06. The van der Waals surface area contributed by atoms with Crippen molar-refractivity contribution < 1.29 is 9.90 Å². The van der Waals surface area contributed by atoms with Gasteiger partial charge in [0.2, 0.25) is 0 Å². The third kappa shape index (κ3) is 2.91. The van der Waals surface area contributed by atoms with Crippen molar-refractivity contribution in [1.82, 2.24) is 20.2 Å². The SMILES string of the molecule is Cn1nnc(CC[C@H](C(=O)O)c2ccccc2)n1. The molecule has 0 fully saturated rings. The van der Waals surface area contributed by atoms with E-state index in [4.69, 9.17) is 0 Å². The van der Waals surface area contributed by atoms with Crippen LogP contribution in [0.4, 0.5) is 0 Å². The van der Waals surface area contributed by atoms with Gasteiger partial charge in [0.05, 0.1) is 13.0 Å². The molecule has 0 aliphatic rings. The van der Waals surface area contributed by atoms with E-state index in [1.807, 2.05) is 30.3 Å². The molecule has 0 bridgehead atoms. The number of carboxylic acids is 1. The Morgan fingerprint density at radius 1 is 1.39 bits per heavy atom. The average Bonchev–Trinajstić information content (AvgIpc) is 2.76. The molecule has 2 rings (SSSR count). The summed E-state index contributed by atoms with van der Waals surface area (Å²) in [5.74, 6) is -0.792. The highest BCUT2D eigenvalue weighted by atomic mass is 16.4. The van der Waals surface area contributed by atoms with E-state index in [9.17, 15) is 9.90 Å². The van der Waals surface area contributed by atoms with Crippen LogP contribution in [-0.2, 0) is 18.3 Å². The molecule has 0 saturated carbocycles. The van der Waals surface area contributed by atoms with Gasteiger partial charge in [-0.05, 0) is 17.2 Å². The summed E-state index contributed by atoms with van der Waals surface area (Å²) in [5, 5.41) is 20.9. The van der Waals surface area contributed by atoms with Gasteiger partial charge >= 0.3 is 5.97 Å². The first kappa shape index (κ1) is 12.2. The Morgan fingerprint density at radius 2 is 2.11 bits per heavy atom. The molecule has 1 atom stereocenters. The van der Waals surface area contributed by atoms with Crippen molar-refractivity contribution >= 4 is 5.97 Å². The topological polar surface area (TPSA) is 80.9 Å². The zero-order valence-corrected chi connectivity index (χ0v) is 10.0. The Bertz CT molecular complexity index is 524. The standard InChI is InChI=1S/C12H14N4O2/c1-16-14-11(13-15-16)8-7-10(12(17)18)9-5-3-2-4-6-9/h2-6,10H,7-8H2,1H3,(H,17,18)/t10-/m0/s1. The molecule has 0 aliphatic heterocycles. The van der Waals surface area contributed by atoms with Crippen LogP contribution in [0.3, 0.4) is 0 Å². The van der Waals surface area contributed by atoms with Crippen molar-refractivity contribution in [3.05, 3.63) is 41.7 Å². The third-order valence-electron chi connectivity index (χ3n) is 2.71. The van der Waals surface area contributed by atoms with E-state index in [0.29, 0.717) is 18.7 Å². The maximum absolute atomic E-state index is 11.3. The van der Waals surface area contributed by atoms with Crippen molar-refractivity contribution in [2.24, 2.45) is 7.05 Å². The van der Waals surface area contributed by atoms with Gasteiger partial charge < -0.3 is 5.11 Å². The highest BCUT2D eigenvalue weighted by Crippen LogP contribution is 2.21. The monoisotopic (exact) mass is 246 g/mol. The average molecular weight is 246 g/mol. The van der Waals surface area contributed by atoms with E-state index in [-0.39, 0.29) is 0 Å². The highest BCUT2D eigenvalue weighted by Gasteiger charge is 2.20. The van der Waals surface area contributed by atoms with Crippen molar-refractivity contribution in [2.45, 2.75) is 18.8 Å². The molecule has 6 heteroatoms. The van der Waals surface area contributed by atoms with Gasteiger partial charge in [0.25, 0.3) is 0 Å². The Hall–Kier alpha value is -2.24. The number of hydrogen-bond donors (Lipinski definition) is 1. The minimum atomic E-state index is -0.829. The number of hydrogen-bond acceptors (Lipinski definition) is 4. The van der Waals surface area contributed by atoms with E-state index in [1.165, 1.54) is 4.80 Å². The van der Waals surface area contributed by atoms with Crippen molar-refractivity contribution in [3.63, 3.8) is 0 Å². The maximum atomic E-state index is 11.3. The first-order valence-electron chi connectivity index (χ1n) is 5.67. The lowest BCUT2D eigenvalue weighted by molar-refractivity contribution is -0.138. The van der Waals surface area contributed by atoms with E-state index >= 15 is 0 Å². The minimum Gasteiger partial charge on any atom is -0.481 e. The van der Waals surface area contributed by atoms with Crippen LogP contribution in [0.5, 0.6) is 0 Å². The zero-order chi connectivity index (χ0) is 13.0. The Labute approximate surface area is 104 Å². The number of carbonyl (C=O) groups is 1. The smallest absolute Gasteiger partial charge is 0.310 e. The molecule has 0 saturated heterocycles. The van der Waals surface area contributed by atoms with Gasteiger partial charge in [-0.1, -0.05) is 30.3 Å². The molecule has 1 aromatic heterocycles. The van der Waals surface area contributed by atoms with Crippen LogP contribution >= 0.6 is 0 Å². The second-order valence-electron chi connectivity index (χ2n) is 4.04. The lowest BCUT2D eigenvalue weighted by atomic mass is 9.94. The van der Waals surface area contributed by atoms with E-state index in [0.717, 1.165) is 5.56 Å². The first-order chi connectivity index (χ1) is 8.66. The van der Waals surface area contributed by atoms with Crippen molar-refractivity contribution in [1.29, 1.82) is 0 Å². The molecule has 0 radical (unpaired) electrons. The number of aromatic nitrogens is 4. The minimum absolute atomic E-state index is 0.463. The fraction of sp³-hybridized carbons (Fsp3) is 0.333. The van der Waals surface area contributed by atoms with Crippen LogP contribution in [0.1, 0.15) is 23.7 Å². The number of carboxylic acid groups (broad SMARTS) is 1. The molecular formula is C12H14N4O2. The van der Waals surface area contributed by atoms with Crippen LogP contribution < -0.4 is 0 Å². The van der Waals surface area contributed by atoms with Crippen LogP contribution in [0.2, 0.25) is 0 Å². The second-order valence-corrected chi connectivity index (χ2v) is 4.04. The number of aliphatic carboxylic acids is 1. The summed E-state index contributed by atoms with van der Waals surface area (Å²) in [6.45, 7) is 0. The molecule has 0 aliphatic carbocycles. The van der Waals surface area contributed by atoms with Gasteiger partial charge in [0.1, 0.15) is 0 Å². The van der Waals surface area contributed by atoms with Crippen LogP contribution in [0, 0.1) is 0 Å². The molecule has 0 spiro atoms. The lowest BCUT2D eigenvalue weighted by Gasteiger charge is -2.11. The molecule has 94 valence electrons. The van der Waals surface area contributed by atoms with Crippen molar-refractivity contribution in [3.8, 4) is 0 Å². The quantitative estimate of drug-likeness (QED) is 0.851. The summed E-state index contributed by atoms with van der Waals surface area (Å²) < 4.78 is 0. The molecular weight excluding hydrogens is 232 g/mol. The summed E-state index contributed by atoms with van der Waals surface area (Å²) in [5.41, 5.74) is 0.800. The fourth-order valence-corrected chi connectivity index (χ4v) is 1.81. The fourth-order valence-electron chi connectivity index (χ4n) is 1.81. The molecule has 1 N–H and O–H groups in total. The molecule has 18 heavy (non-hydrogen) atoms. The number of nitrogens with zero attached hydrogens (tertiary/aromatic N) is 4. The van der Waals surface area contributed by atoms with Crippen LogP contribution in [0.25, 0.3) is 0 Å². The van der Waals surface area contributed by atoms with E-state index < -0.39 is 11.9 Å². The second kappa shape index (κ2) is 5.39. The molecule has 2 aromatic rings. The van der Waals surface area contributed by atoms with Gasteiger partial charge in [-0.3, -0.25) is 4.79 Å². The van der Waals surface area contributed by atoms with Gasteiger partial charge in [-0.15, -0.1) is 10.2 Å². The molecule has 0 amide bonds. The summed E-state index contributed by atoms with van der Waals surface area (Å²) in [7, 11) is 1.68. The van der Waals surface area contributed by atoms with E-state index in [2.05, 4.69) is 15.4 Å². The lowest BCUT2D eigenvalue weighted by Crippen LogP contribution is -2.13. The zero-order valence-electron chi connectivity index (χ0n) is 10.0. The summed E-state index contributed by atoms with van der Waals surface area (Å²) in [4.78, 5) is 12.6. The number of aryl methyl sites for hydroxylation is 2. The molecule has 1 heterocycles. The summed E-state index contributed by atoms with van der Waals surface area (Å²) >= 11 is 0. The predicted molar refractivity (Wildman–Crippen MR) is 63.9 cm³/mol. The van der Waals surface area contributed by atoms with E-state index in [1.54, 1.807) is 7.05 Å². The summed E-state index contributed by atoms with van der Waals surface area (Å²) in [6, 6.07) is 9.19. The van der Waals surface area contributed by atoms with Crippen LogP contribution in [0.15, 0.2) is 30.3 Å². The molecule has 0 unspecified atom stereocenters. The number of tetrazole rings is 1. The van der Waals surface area contributed by atoms with Crippen LogP contribution in [-0.4, -0.2) is 31.3 Å². The van der Waals surface area contributed by atoms with Gasteiger partial charge in [0, 0.05) is 6.42 Å². The summed E-state index contributed by atoms with van der Waals surface area (Å²) in [6.07, 6.45) is 0.963. The Kier molecular flexibility index (Phi) is 3.66. The third-order valence-corrected chi connectivity index (χ3v) is 2.71. The van der Waals surface area contributed by atoms with Gasteiger partial charge in [-0.25, -0.2) is 0 Å². The van der Waals surface area contributed by atoms with Gasteiger partial charge in [-0.2, -0.15) is 4.80 Å². The number of benzene rings is 1. The Morgan fingerprint density at radius 3 is 2.67 bits per heavy atom. The van der Waals surface area contributed by atoms with Gasteiger partial charge in [0.15, 0.2) is 5.82 Å². The molecule has 6 nitrogen and oxygen atoms in total.